The van der Waals surface area contributed by atoms with Gasteiger partial charge >= 0.3 is 0 Å². The lowest BCUT2D eigenvalue weighted by Crippen LogP contribution is -2.24. The second-order valence-electron chi connectivity index (χ2n) is 3.94. The smallest absolute Gasteiger partial charge is 0.176 e. The summed E-state index contributed by atoms with van der Waals surface area (Å²) < 4.78 is 5.67. The second-order valence-corrected chi connectivity index (χ2v) is 4.35. The summed E-state index contributed by atoms with van der Waals surface area (Å²) in [6, 6.07) is 5.06. The highest BCUT2D eigenvalue weighted by Crippen LogP contribution is 2.31. The van der Waals surface area contributed by atoms with Crippen molar-refractivity contribution in [1.82, 2.24) is 0 Å². The summed E-state index contributed by atoms with van der Waals surface area (Å²) in [4.78, 5) is 11.3. The van der Waals surface area contributed by atoms with E-state index < -0.39 is 0 Å². The summed E-state index contributed by atoms with van der Waals surface area (Å²) in [7, 11) is 0. The minimum absolute atomic E-state index is 0.000836. The Bertz CT molecular complexity index is 402. The third-order valence-corrected chi connectivity index (χ3v) is 3.08. The monoisotopic (exact) mass is 239 g/mol. The minimum Gasteiger partial charge on any atom is -0.489 e. The van der Waals surface area contributed by atoms with Crippen LogP contribution in [0.5, 0.6) is 5.75 Å². The first-order chi connectivity index (χ1) is 7.70. The molecule has 0 spiro atoms. The number of carbonyl (C=O) groups excluding carboxylic acids is 1. The van der Waals surface area contributed by atoms with Gasteiger partial charge in [-0.3, -0.25) is 4.79 Å². The van der Waals surface area contributed by atoms with Crippen molar-refractivity contribution >= 4 is 17.4 Å². The molecule has 1 aliphatic carbocycles. The van der Waals surface area contributed by atoms with E-state index in [9.17, 15) is 4.79 Å². The van der Waals surface area contributed by atoms with Gasteiger partial charge in [-0.25, -0.2) is 0 Å². The number of Topliss-reactive ketones (excluding diaryl/α,β-unsaturated/α-hetero) is 1. The zero-order chi connectivity index (χ0) is 11.5. The van der Waals surface area contributed by atoms with Crippen LogP contribution in [-0.4, -0.2) is 18.4 Å². The number of benzene rings is 1. The summed E-state index contributed by atoms with van der Waals surface area (Å²) in [6.07, 6.45) is 3.67. The molecule has 3 nitrogen and oxygen atoms in total. The molecular weight excluding hydrogens is 226 g/mol. The minimum atomic E-state index is -0.114. The van der Waals surface area contributed by atoms with Crippen molar-refractivity contribution in [3.05, 3.63) is 28.8 Å². The fourth-order valence-electron chi connectivity index (χ4n) is 1.56. The summed E-state index contributed by atoms with van der Waals surface area (Å²) in [6.45, 7) is -0.000836. The van der Waals surface area contributed by atoms with Crippen molar-refractivity contribution in [2.75, 3.05) is 6.54 Å². The average Bonchev–Trinajstić information content (AvgIpc) is 2.23. The molecule has 0 unspecified atom stereocenters. The number of nitrogens with two attached hydrogens (primary N) is 1. The van der Waals surface area contributed by atoms with Crippen LogP contribution >= 0.6 is 11.6 Å². The Morgan fingerprint density at radius 2 is 2.25 bits per heavy atom. The van der Waals surface area contributed by atoms with E-state index in [1.54, 1.807) is 18.2 Å². The van der Waals surface area contributed by atoms with E-state index in [4.69, 9.17) is 22.1 Å². The lowest BCUT2D eigenvalue weighted by atomic mass is 9.96. The molecule has 0 amide bonds. The molecule has 1 aromatic rings. The molecular formula is C12H14ClNO2. The van der Waals surface area contributed by atoms with Gasteiger partial charge in [0.1, 0.15) is 5.75 Å². The maximum absolute atomic E-state index is 11.3. The standard InChI is InChI=1S/C12H14ClNO2/c13-10-6-8(11(15)7-14)4-5-12(10)16-9-2-1-3-9/h4-6,9H,1-3,7,14H2. The van der Waals surface area contributed by atoms with Crippen molar-refractivity contribution in [2.45, 2.75) is 25.4 Å². The molecule has 0 bridgehead atoms. The molecule has 0 heterocycles. The van der Waals surface area contributed by atoms with E-state index in [0.717, 1.165) is 12.8 Å². The molecule has 1 saturated carbocycles. The van der Waals surface area contributed by atoms with Crippen LogP contribution in [-0.2, 0) is 0 Å². The Morgan fingerprint density at radius 3 is 2.75 bits per heavy atom. The van der Waals surface area contributed by atoms with E-state index in [-0.39, 0.29) is 18.4 Å². The van der Waals surface area contributed by atoms with Crippen molar-refractivity contribution in [2.24, 2.45) is 5.73 Å². The fourth-order valence-corrected chi connectivity index (χ4v) is 1.78. The molecule has 0 aromatic heterocycles. The number of rotatable bonds is 4. The maximum Gasteiger partial charge on any atom is 0.176 e. The van der Waals surface area contributed by atoms with Gasteiger partial charge in [-0.1, -0.05) is 11.6 Å². The van der Waals surface area contributed by atoms with Gasteiger partial charge in [-0.2, -0.15) is 0 Å². The van der Waals surface area contributed by atoms with Crippen LogP contribution in [0, 0.1) is 0 Å². The quantitative estimate of drug-likeness (QED) is 0.821. The third kappa shape index (κ3) is 2.36. The Kier molecular flexibility index (Phi) is 3.46. The van der Waals surface area contributed by atoms with Crippen molar-refractivity contribution in [3.8, 4) is 5.75 Å². The molecule has 0 saturated heterocycles. The van der Waals surface area contributed by atoms with Gasteiger partial charge in [0, 0.05) is 5.56 Å². The van der Waals surface area contributed by atoms with Crippen LogP contribution in [0.2, 0.25) is 5.02 Å². The van der Waals surface area contributed by atoms with Gasteiger partial charge in [0.05, 0.1) is 17.7 Å². The number of ether oxygens (including phenoxy) is 1. The van der Waals surface area contributed by atoms with Gasteiger partial charge in [-0.15, -0.1) is 0 Å². The van der Waals surface area contributed by atoms with Crippen LogP contribution < -0.4 is 10.5 Å². The number of halogens is 1. The van der Waals surface area contributed by atoms with Gasteiger partial charge in [0.2, 0.25) is 0 Å². The van der Waals surface area contributed by atoms with Crippen LogP contribution in [0.25, 0.3) is 0 Å². The Morgan fingerprint density at radius 1 is 1.50 bits per heavy atom. The first kappa shape index (κ1) is 11.4. The fraction of sp³-hybridized carbons (Fsp3) is 0.417. The molecule has 2 N–H and O–H groups in total. The Hall–Kier alpha value is -1.06. The summed E-state index contributed by atoms with van der Waals surface area (Å²) >= 11 is 6.04. The predicted octanol–water partition coefficient (Wildman–Crippen LogP) is 2.41. The molecule has 0 atom stereocenters. The molecule has 2 rings (SSSR count). The molecule has 16 heavy (non-hydrogen) atoms. The molecule has 1 aromatic carbocycles. The van der Waals surface area contributed by atoms with E-state index in [0.29, 0.717) is 16.3 Å². The SMILES string of the molecule is NCC(=O)c1ccc(OC2CCC2)c(Cl)c1. The van der Waals surface area contributed by atoms with E-state index in [1.807, 2.05) is 0 Å². The molecule has 1 aliphatic rings. The zero-order valence-electron chi connectivity index (χ0n) is 8.91. The average molecular weight is 240 g/mol. The van der Waals surface area contributed by atoms with Gasteiger partial charge in [0.25, 0.3) is 0 Å². The van der Waals surface area contributed by atoms with Crippen LogP contribution in [0.3, 0.4) is 0 Å². The molecule has 1 fully saturated rings. The molecule has 4 heteroatoms. The van der Waals surface area contributed by atoms with E-state index in [2.05, 4.69) is 0 Å². The highest BCUT2D eigenvalue weighted by atomic mass is 35.5. The largest absolute Gasteiger partial charge is 0.489 e. The Labute approximate surface area is 99.5 Å². The lowest BCUT2D eigenvalue weighted by Gasteiger charge is -2.26. The topological polar surface area (TPSA) is 52.3 Å². The summed E-state index contributed by atoms with van der Waals surface area (Å²) in [5, 5.41) is 0.478. The third-order valence-electron chi connectivity index (χ3n) is 2.79. The van der Waals surface area contributed by atoms with Crippen molar-refractivity contribution in [3.63, 3.8) is 0 Å². The summed E-state index contributed by atoms with van der Waals surface area (Å²) in [5.74, 6) is 0.539. The summed E-state index contributed by atoms with van der Waals surface area (Å²) in [5.41, 5.74) is 5.82. The normalized spacial score (nSPS) is 15.6. The first-order valence-corrected chi connectivity index (χ1v) is 5.78. The number of carbonyl (C=O) groups is 1. The van der Waals surface area contributed by atoms with Crippen molar-refractivity contribution in [1.29, 1.82) is 0 Å². The molecule has 0 aliphatic heterocycles. The molecule has 0 radical (unpaired) electrons. The van der Waals surface area contributed by atoms with Crippen molar-refractivity contribution < 1.29 is 9.53 Å². The van der Waals surface area contributed by atoms with Gasteiger partial charge < -0.3 is 10.5 Å². The van der Waals surface area contributed by atoms with Crippen LogP contribution in [0.1, 0.15) is 29.6 Å². The highest BCUT2D eigenvalue weighted by Gasteiger charge is 2.20. The lowest BCUT2D eigenvalue weighted by molar-refractivity contribution is 0.100. The highest BCUT2D eigenvalue weighted by molar-refractivity contribution is 6.32. The zero-order valence-corrected chi connectivity index (χ0v) is 9.67. The van der Waals surface area contributed by atoms with Crippen LogP contribution in [0.4, 0.5) is 0 Å². The molecule has 86 valence electrons. The number of hydrogen-bond donors (Lipinski definition) is 1. The number of hydrogen-bond acceptors (Lipinski definition) is 3. The van der Waals surface area contributed by atoms with Gasteiger partial charge in [0.15, 0.2) is 5.78 Å². The van der Waals surface area contributed by atoms with E-state index in [1.165, 1.54) is 6.42 Å². The van der Waals surface area contributed by atoms with Crippen LogP contribution in [0.15, 0.2) is 18.2 Å². The first-order valence-electron chi connectivity index (χ1n) is 5.40. The maximum atomic E-state index is 11.3. The van der Waals surface area contributed by atoms with Gasteiger partial charge in [-0.05, 0) is 37.5 Å². The Balaban J connectivity index is 2.12. The number of ketones is 1. The van der Waals surface area contributed by atoms with E-state index >= 15 is 0 Å². The predicted molar refractivity (Wildman–Crippen MR) is 63.1 cm³/mol. The second kappa shape index (κ2) is 4.85.